The van der Waals surface area contributed by atoms with Crippen molar-refractivity contribution >= 4 is 11.8 Å². The van der Waals surface area contributed by atoms with Gasteiger partial charge >= 0.3 is 0 Å². The Morgan fingerprint density at radius 1 is 0.864 bits per heavy atom. The Bertz CT molecular complexity index is 281. The van der Waals surface area contributed by atoms with Crippen molar-refractivity contribution in [3.8, 4) is 0 Å². The smallest absolute Gasteiger partial charge is 0.0948 e. The summed E-state index contributed by atoms with van der Waals surface area (Å²) < 4.78 is 0. The van der Waals surface area contributed by atoms with Gasteiger partial charge in [-0.1, -0.05) is 90.6 Å². The van der Waals surface area contributed by atoms with E-state index in [1.807, 2.05) is 11.8 Å². The van der Waals surface area contributed by atoms with Crippen LogP contribution >= 0.6 is 11.8 Å². The monoisotopic (exact) mass is 326 g/mol. The number of hydrogen-bond acceptors (Lipinski definition) is 2. The minimum absolute atomic E-state index is 0.554. The SMILES string of the molecule is C=C(SCCCCCCCCCCCC)C1(O)CCCCC1. The second-order valence-corrected chi connectivity index (χ2v) is 8.24. The van der Waals surface area contributed by atoms with Crippen LogP contribution in [0.3, 0.4) is 0 Å². The van der Waals surface area contributed by atoms with Crippen LogP contribution in [0.4, 0.5) is 0 Å². The van der Waals surface area contributed by atoms with Gasteiger partial charge in [-0.05, 0) is 25.0 Å². The molecule has 0 spiro atoms. The topological polar surface area (TPSA) is 20.2 Å². The number of aliphatic hydroxyl groups is 1. The number of rotatable bonds is 13. The van der Waals surface area contributed by atoms with Crippen molar-refractivity contribution in [3.05, 3.63) is 11.5 Å². The maximum Gasteiger partial charge on any atom is 0.0948 e. The zero-order valence-electron chi connectivity index (χ0n) is 14.9. The summed E-state index contributed by atoms with van der Waals surface area (Å²) in [7, 11) is 0. The second kappa shape index (κ2) is 12.5. The molecule has 0 amide bonds. The number of hydrogen-bond donors (Lipinski definition) is 1. The highest BCUT2D eigenvalue weighted by Gasteiger charge is 2.32. The first-order chi connectivity index (χ1) is 10.7. The first-order valence-electron chi connectivity index (χ1n) is 9.73. The van der Waals surface area contributed by atoms with Crippen LogP contribution in [0.5, 0.6) is 0 Å². The second-order valence-electron chi connectivity index (χ2n) is 7.05. The molecule has 0 aromatic rings. The molecule has 0 aromatic heterocycles. The molecule has 1 aliphatic carbocycles. The molecule has 1 aliphatic rings. The van der Waals surface area contributed by atoms with Gasteiger partial charge < -0.3 is 5.11 Å². The highest BCUT2D eigenvalue weighted by Crippen LogP contribution is 2.38. The molecule has 1 saturated carbocycles. The van der Waals surface area contributed by atoms with Crippen LogP contribution in [-0.2, 0) is 0 Å². The molecule has 1 fully saturated rings. The maximum atomic E-state index is 10.6. The van der Waals surface area contributed by atoms with Crippen molar-refractivity contribution in [2.75, 3.05) is 5.75 Å². The predicted octanol–water partition coefficient (Wildman–Crippen LogP) is 6.85. The highest BCUT2D eigenvalue weighted by molar-refractivity contribution is 8.03. The molecule has 0 saturated heterocycles. The molecule has 22 heavy (non-hydrogen) atoms. The van der Waals surface area contributed by atoms with Gasteiger partial charge in [0.05, 0.1) is 5.60 Å². The van der Waals surface area contributed by atoms with E-state index in [0.717, 1.165) is 36.3 Å². The Balaban J connectivity index is 1.89. The van der Waals surface area contributed by atoms with Crippen LogP contribution in [0.15, 0.2) is 11.5 Å². The quantitative estimate of drug-likeness (QED) is 0.373. The standard InChI is InChI=1S/C20H38OS/c1-3-4-5-6-7-8-9-10-11-15-18-22-19(2)20(21)16-13-12-14-17-20/h21H,2-18H2,1H3. The van der Waals surface area contributed by atoms with E-state index >= 15 is 0 Å². The Morgan fingerprint density at radius 3 is 1.91 bits per heavy atom. The zero-order valence-corrected chi connectivity index (χ0v) is 15.7. The summed E-state index contributed by atoms with van der Waals surface area (Å²) in [5.41, 5.74) is -0.554. The zero-order chi connectivity index (χ0) is 16.1. The predicted molar refractivity (Wildman–Crippen MR) is 101 cm³/mol. The highest BCUT2D eigenvalue weighted by atomic mass is 32.2. The third-order valence-electron chi connectivity index (χ3n) is 4.97. The molecule has 1 N–H and O–H groups in total. The first kappa shape index (κ1) is 20.1. The van der Waals surface area contributed by atoms with Crippen LogP contribution in [-0.4, -0.2) is 16.5 Å². The van der Waals surface area contributed by atoms with E-state index in [1.54, 1.807) is 0 Å². The van der Waals surface area contributed by atoms with Gasteiger partial charge in [0.1, 0.15) is 0 Å². The van der Waals surface area contributed by atoms with Gasteiger partial charge in [-0.3, -0.25) is 0 Å². The van der Waals surface area contributed by atoms with Gasteiger partial charge in [0.15, 0.2) is 0 Å². The van der Waals surface area contributed by atoms with E-state index in [0.29, 0.717) is 0 Å². The van der Waals surface area contributed by atoms with Gasteiger partial charge in [-0.25, -0.2) is 0 Å². The summed E-state index contributed by atoms with van der Waals surface area (Å²) in [4.78, 5) is 1.03. The summed E-state index contributed by atoms with van der Waals surface area (Å²) in [6, 6.07) is 0. The third kappa shape index (κ3) is 8.62. The lowest BCUT2D eigenvalue weighted by Gasteiger charge is -2.33. The van der Waals surface area contributed by atoms with Gasteiger partial charge in [-0.2, -0.15) is 0 Å². The van der Waals surface area contributed by atoms with Crippen molar-refractivity contribution < 1.29 is 5.11 Å². The van der Waals surface area contributed by atoms with Gasteiger partial charge in [0.25, 0.3) is 0 Å². The van der Waals surface area contributed by atoms with Crippen LogP contribution < -0.4 is 0 Å². The van der Waals surface area contributed by atoms with E-state index in [1.165, 1.54) is 70.6 Å². The lowest BCUT2D eigenvalue weighted by atomic mass is 9.85. The molecule has 0 heterocycles. The minimum Gasteiger partial charge on any atom is -0.385 e. The van der Waals surface area contributed by atoms with Crippen LogP contribution in [0, 0.1) is 0 Å². The van der Waals surface area contributed by atoms with Crippen LogP contribution in [0.1, 0.15) is 103 Å². The van der Waals surface area contributed by atoms with Crippen molar-refractivity contribution in [1.29, 1.82) is 0 Å². The summed E-state index contributed by atoms with van der Waals surface area (Å²) >= 11 is 1.81. The Hall–Kier alpha value is 0.0500. The van der Waals surface area contributed by atoms with E-state index < -0.39 is 5.60 Å². The molecule has 130 valence electrons. The van der Waals surface area contributed by atoms with Crippen LogP contribution in [0.25, 0.3) is 0 Å². The first-order valence-corrected chi connectivity index (χ1v) is 10.7. The van der Waals surface area contributed by atoms with E-state index in [2.05, 4.69) is 13.5 Å². The maximum absolute atomic E-state index is 10.6. The normalized spacial score (nSPS) is 17.5. The van der Waals surface area contributed by atoms with Crippen molar-refractivity contribution in [2.45, 2.75) is 109 Å². The molecule has 0 unspecified atom stereocenters. The lowest BCUT2D eigenvalue weighted by molar-refractivity contribution is 0.0480. The summed E-state index contributed by atoms with van der Waals surface area (Å²) in [6.07, 6.45) is 19.3. The van der Waals surface area contributed by atoms with E-state index in [-0.39, 0.29) is 0 Å². The molecule has 0 aromatic carbocycles. The van der Waals surface area contributed by atoms with E-state index in [4.69, 9.17) is 0 Å². The van der Waals surface area contributed by atoms with Crippen molar-refractivity contribution in [2.24, 2.45) is 0 Å². The molecule has 0 bridgehead atoms. The lowest BCUT2D eigenvalue weighted by Crippen LogP contribution is -2.32. The fourth-order valence-electron chi connectivity index (χ4n) is 3.33. The Labute approximate surface area is 143 Å². The molecule has 0 aliphatic heterocycles. The fraction of sp³-hybridized carbons (Fsp3) is 0.900. The number of thioether (sulfide) groups is 1. The molecule has 1 rings (SSSR count). The van der Waals surface area contributed by atoms with Gasteiger partial charge in [0, 0.05) is 4.91 Å². The molecule has 1 nitrogen and oxygen atoms in total. The molecule has 0 atom stereocenters. The Kier molecular flexibility index (Phi) is 11.4. The fourth-order valence-corrected chi connectivity index (χ4v) is 4.40. The average Bonchev–Trinajstić information content (AvgIpc) is 2.53. The summed E-state index contributed by atoms with van der Waals surface area (Å²) in [6.45, 7) is 6.42. The average molecular weight is 327 g/mol. The molecule has 0 radical (unpaired) electrons. The van der Waals surface area contributed by atoms with Crippen molar-refractivity contribution in [1.82, 2.24) is 0 Å². The summed E-state index contributed by atoms with van der Waals surface area (Å²) in [5.74, 6) is 1.14. The third-order valence-corrected chi connectivity index (χ3v) is 6.20. The van der Waals surface area contributed by atoms with Crippen LogP contribution in [0.2, 0.25) is 0 Å². The van der Waals surface area contributed by atoms with Gasteiger partial charge in [0.2, 0.25) is 0 Å². The van der Waals surface area contributed by atoms with Gasteiger partial charge in [-0.15, -0.1) is 11.8 Å². The minimum atomic E-state index is -0.554. The summed E-state index contributed by atoms with van der Waals surface area (Å²) in [5, 5.41) is 10.6. The molecular formula is C20H38OS. The number of unbranched alkanes of at least 4 members (excludes halogenated alkanes) is 9. The molecule has 2 heteroatoms. The largest absolute Gasteiger partial charge is 0.385 e. The van der Waals surface area contributed by atoms with E-state index in [9.17, 15) is 5.11 Å². The molecular weight excluding hydrogens is 288 g/mol. The Morgan fingerprint density at radius 2 is 1.36 bits per heavy atom. The van der Waals surface area contributed by atoms with Crippen molar-refractivity contribution in [3.63, 3.8) is 0 Å².